The van der Waals surface area contributed by atoms with Gasteiger partial charge in [-0.3, -0.25) is 4.79 Å². The van der Waals surface area contributed by atoms with Gasteiger partial charge in [-0.25, -0.2) is 0 Å². The highest BCUT2D eigenvalue weighted by Gasteiger charge is 2.24. The van der Waals surface area contributed by atoms with Crippen LogP contribution in [0.1, 0.15) is 13.3 Å². The van der Waals surface area contributed by atoms with Crippen LogP contribution in [-0.4, -0.2) is 11.1 Å². The second-order valence-electron chi connectivity index (χ2n) is 2.47. The molecule has 0 aliphatic heterocycles. The Morgan fingerprint density at radius 2 is 2.44 bits per heavy atom. The third kappa shape index (κ3) is 1.12. The lowest BCUT2D eigenvalue weighted by Crippen LogP contribution is -2.15. The van der Waals surface area contributed by atoms with Crippen LogP contribution in [0.2, 0.25) is 0 Å². The maximum Gasteiger partial charge on any atom is 0.307 e. The fraction of sp³-hybridized carbons (Fsp3) is 0.571. The maximum atomic E-state index is 10.4. The van der Waals surface area contributed by atoms with Gasteiger partial charge in [-0.1, -0.05) is 19.1 Å². The van der Waals surface area contributed by atoms with Crippen molar-refractivity contribution < 1.29 is 9.90 Å². The molecule has 0 amide bonds. The summed E-state index contributed by atoms with van der Waals surface area (Å²) in [5.41, 5.74) is 0. The molecule has 0 bridgehead atoms. The van der Waals surface area contributed by atoms with Gasteiger partial charge in [-0.05, 0) is 12.3 Å². The van der Waals surface area contributed by atoms with Gasteiger partial charge in [-0.2, -0.15) is 0 Å². The Labute approximate surface area is 54.2 Å². The standard InChI is InChI=1S/C7H10O2/c1-5-3-2-4-6(5)7(8)9/h2-3,5-6H,4H2,1H3,(H,8,9). The second-order valence-corrected chi connectivity index (χ2v) is 2.47. The number of carbonyl (C=O) groups is 1. The van der Waals surface area contributed by atoms with Gasteiger partial charge >= 0.3 is 5.97 Å². The van der Waals surface area contributed by atoms with E-state index >= 15 is 0 Å². The molecule has 0 aromatic heterocycles. The number of hydrogen-bond acceptors (Lipinski definition) is 1. The lowest BCUT2D eigenvalue weighted by molar-refractivity contribution is -0.142. The molecule has 1 aliphatic rings. The van der Waals surface area contributed by atoms with Crippen molar-refractivity contribution in [2.24, 2.45) is 11.8 Å². The van der Waals surface area contributed by atoms with Crippen molar-refractivity contribution >= 4 is 5.97 Å². The monoisotopic (exact) mass is 126 g/mol. The number of carboxylic acid groups (broad SMARTS) is 1. The first-order chi connectivity index (χ1) is 4.22. The van der Waals surface area contributed by atoms with Crippen LogP contribution in [0.5, 0.6) is 0 Å². The van der Waals surface area contributed by atoms with E-state index in [0.717, 1.165) is 0 Å². The van der Waals surface area contributed by atoms with E-state index in [1.165, 1.54) is 0 Å². The van der Waals surface area contributed by atoms with Gasteiger partial charge in [-0.15, -0.1) is 0 Å². The Morgan fingerprint density at radius 1 is 1.78 bits per heavy atom. The molecule has 1 aliphatic carbocycles. The Morgan fingerprint density at radius 3 is 2.67 bits per heavy atom. The van der Waals surface area contributed by atoms with Crippen LogP contribution < -0.4 is 0 Å². The third-order valence-corrected chi connectivity index (χ3v) is 1.78. The molecule has 1 rings (SSSR count). The largest absolute Gasteiger partial charge is 0.481 e. The van der Waals surface area contributed by atoms with Gasteiger partial charge in [0.05, 0.1) is 5.92 Å². The third-order valence-electron chi connectivity index (χ3n) is 1.78. The molecule has 0 saturated carbocycles. The minimum Gasteiger partial charge on any atom is -0.481 e. The van der Waals surface area contributed by atoms with Crippen LogP contribution in [0, 0.1) is 11.8 Å². The summed E-state index contributed by atoms with van der Waals surface area (Å²) in [6, 6.07) is 0. The molecule has 0 fully saturated rings. The number of rotatable bonds is 1. The molecule has 50 valence electrons. The average molecular weight is 126 g/mol. The van der Waals surface area contributed by atoms with Crippen molar-refractivity contribution in [3.05, 3.63) is 12.2 Å². The number of aliphatic carboxylic acids is 1. The van der Waals surface area contributed by atoms with Crippen molar-refractivity contribution in [3.8, 4) is 0 Å². The van der Waals surface area contributed by atoms with Crippen molar-refractivity contribution in [2.75, 3.05) is 0 Å². The highest BCUT2D eigenvalue weighted by molar-refractivity contribution is 5.71. The van der Waals surface area contributed by atoms with E-state index in [9.17, 15) is 4.79 Å². The van der Waals surface area contributed by atoms with Crippen LogP contribution >= 0.6 is 0 Å². The first-order valence-electron chi connectivity index (χ1n) is 3.11. The van der Waals surface area contributed by atoms with Crippen LogP contribution in [-0.2, 0) is 4.79 Å². The molecule has 2 atom stereocenters. The molecule has 0 aromatic carbocycles. The molecular weight excluding hydrogens is 116 g/mol. The molecule has 2 heteroatoms. The number of hydrogen-bond donors (Lipinski definition) is 1. The molecule has 0 heterocycles. The molecule has 1 N–H and O–H groups in total. The summed E-state index contributed by atoms with van der Waals surface area (Å²) < 4.78 is 0. The van der Waals surface area contributed by atoms with Crippen molar-refractivity contribution in [1.29, 1.82) is 0 Å². The number of carboxylic acids is 1. The Hall–Kier alpha value is -0.790. The molecule has 2 unspecified atom stereocenters. The quantitative estimate of drug-likeness (QED) is 0.537. The molecule has 0 spiro atoms. The van der Waals surface area contributed by atoms with Crippen LogP contribution in [0.15, 0.2) is 12.2 Å². The minimum atomic E-state index is -0.674. The average Bonchev–Trinajstić information content (AvgIpc) is 2.13. The lowest BCUT2D eigenvalue weighted by Gasteiger charge is -2.07. The van der Waals surface area contributed by atoms with Gasteiger partial charge in [0.2, 0.25) is 0 Å². The summed E-state index contributed by atoms with van der Waals surface area (Å²) in [5.74, 6) is -0.611. The van der Waals surface area contributed by atoms with Crippen LogP contribution in [0.3, 0.4) is 0 Å². The molecule has 0 saturated heterocycles. The van der Waals surface area contributed by atoms with Gasteiger partial charge in [0, 0.05) is 0 Å². The summed E-state index contributed by atoms with van der Waals surface area (Å²) in [6.45, 7) is 1.93. The van der Waals surface area contributed by atoms with Gasteiger partial charge in [0.25, 0.3) is 0 Å². The van der Waals surface area contributed by atoms with Gasteiger partial charge < -0.3 is 5.11 Å². The normalized spacial score (nSPS) is 33.0. The Balaban J connectivity index is 2.55. The van der Waals surface area contributed by atoms with E-state index in [4.69, 9.17) is 5.11 Å². The highest BCUT2D eigenvalue weighted by Crippen LogP contribution is 2.24. The fourth-order valence-electron chi connectivity index (χ4n) is 1.11. The van der Waals surface area contributed by atoms with E-state index in [0.29, 0.717) is 6.42 Å². The molecule has 2 nitrogen and oxygen atoms in total. The topological polar surface area (TPSA) is 37.3 Å². The molecule has 9 heavy (non-hydrogen) atoms. The van der Waals surface area contributed by atoms with E-state index in [1.807, 2.05) is 19.1 Å². The van der Waals surface area contributed by atoms with Gasteiger partial charge in [0.15, 0.2) is 0 Å². The Kier molecular flexibility index (Phi) is 1.56. The van der Waals surface area contributed by atoms with Crippen molar-refractivity contribution in [3.63, 3.8) is 0 Å². The fourth-order valence-corrected chi connectivity index (χ4v) is 1.11. The lowest BCUT2D eigenvalue weighted by atomic mass is 9.98. The van der Waals surface area contributed by atoms with Crippen LogP contribution in [0.25, 0.3) is 0 Å². The van der Waals surface area contributed by atoms with Crippen molar-refractivity contribution in [2.45, 2.75) is 13.3 Å². The summed E-state index contributed by atoms with van der Waals surface area (Å²) in [7, 11) is 0. The summed E-state index contributed by atoms with van der Waals surface area (Å²) in [6.07, 6.45) is 4.60. The summed E-state index contributed by atoms with van der Waals surface area (Å²) in [4.78, 5) is 10.4. The number of allylic oxidation sites excluding steroid dienone is 2. The zero-order valence-corrected chi connectivity index (χ0v) is 5.37. The van der Waals surface area contributed by atoms with Crippen molar-refractivity contribution in [1.82, 2.24) is 0 Å². The zero-order valence-electron chi connectivity index (χ0n) is 5.37. The minimum absolute atomic E-state index is 0.162. The second kappa shape index (κ2) is 2.21. The molecule has 0 aromatic rings. The first kappa shape index (κ1) is 6.33. The van der Waals surface area contributed by atoms with Gasteiger partial charge in [0.1, 0.15) is 0 Å². The highest BCUT2D eigenvalue weighted by atomic mass is 16.4. The Bertz CT molecular complexity index is 149. The molecule has 0 radical (unpaired) electrons. The summed E-state index contributed by atoms with van der Waals surface area (Å²) >= 11 is 0. The SMILES string of the molecule is CC1C=CCC1C(=O)O. The smallest absolute Gasteiger partial charge is 0.307 e. The maximum absolute atomic E-state index is 10.4. The molecular formula is C7H10O2. The van der Waals surface area contributed by atoms with E-state index in [1.54, 1.807) is 0 Å². The zero-order chi connectivity index (χ0) is 6.85. The van der Waals surface area contributed by atoms with E-state index < -0.39 is 5.97 Å². The van der Waals surface area contributed by atoms with E-state index in [-0.39, 0.29) is 11.8 Å². The predicted octanol–water partition coefficient (Wildman–Crippen LogP) is 1.28. The predicted molar refractivity (Wildman–Crippen MR) is 34.0 cm³/mol. The van der Waals surface area contributed by atoms with E-state index in [2.05, 4.69) is 0 Å². The summed E-state index contributed by atoms with van der Waals surface area (Å²) in [5, 5.41) is 8.54. The first-order valence-corrected chi connectivity index (χ1v) is 3.11. The van der Waals surface area contributed by atoms with Crippen LogP contribution in [0.4, 0.5) is 0 Å².